The van der Waals surface area contributed by atoms with E-state index in [0.29, 0.717) is 5.71 Å². The number of alkyl halides is 1. The van der Waals surface area contributed by atoms with Crippen LogP contribution in [0.4, 0.5) is 0 Å². The van der Waals surface area contributed by atoms with Gasteiger partial charge in [-0.2, -0.15) is 0 Å². The predicted molar refractivity (Wildman–Crippen MR) is 27.8 cm³/mol. The van der Waals surface area contributed by atoms with Gasteiger partial charge in [0.1, 0.15) is 0 Å². The minimum absolute atomic E-state index is 0.106. The van der Waals surface area contributed by atoms with E-state index in [4.69, 9.17) is 16.8 Å². The first-order chi connectivity index (χ1) is 3.34. The van der Waals surface area contributed by atoms with Gasteiger partial charge in [-0.05, 0) is 12.8 Å². The van der Waals surface area contributed by atoms with Crippen molar-refractivity contribution in [2.24, 2.45) is 5.16 Å². The number of rotatable bonds is 0. The van der Waals surface area contributed by atoms with Crippen LogP contribution in [0.2, 0.25) is 0 Å². The molecule has 1 unspecified atom stereocenters. The highest BCUT2D eigenvalue weighted by Crippen LogP contribution is 2.19. The van der Waals surface area contributed by atoms with Gasteiger partial charge in [0.25, 0.3) is 0 Å². The molecule has 0 saturated heterocycles. The summed E-state index contributed by atoms with van der Waals surface area (Å²) in [6.07, 6.45) is 2.61. The third kappa shape index (κ3) is 0.703. The summed E-state index contributed by atoms with van der Waals surface area (Å²) >= 11 is 5.47. The number of nitrogens with zero attached hydrogens (tertiary/aromatic N) is 1. The molecule has 1 rings (SSSR count). The van der Waals surface area contributed by atoms with Crippen molar-refractivity contribution in [3.63, 3.8) is 0 Å². The van der Waals surface area contributed by atoms with Crippen molar-refractivity contribution < 1.29 is 5.21 Å². The van der Waals surface area contributed by atoms with E-state index in [1.807, 2.05) is 6.42 Å². The van der Waals surface area contributed by atoms with Gasteiger partial charge in [0.2, 0.25) is 0 Å². The van der Waals surface area contributed by atoms with Gasteiger partial charge in [0.15, 0.2) is 0 Å². The smallest absolute Gasteiger partial charge is 0.0786 e. The van der Waals surface area contributed by atoms with Crippen molar-refractivity contribution in [3.05, 3.63) is 6.42 Å². The van der Waals surface area contributed by atoms with Crippen LogP contribution in [0.3, 0.4) is 0 Å². The Morgan fingerprint density at radius 3 is 2.71 bits per heavy atom. The third-order valence-electron chi connectivity index (χ3n) is 0.981. The monoisotopic (exact) mass is 118 g/mol. The van der Waals surface area contributed by atoms with Gasteiger partial charge in [0, 0.05) is 0 Å². The van der Waals surface area contributed by atoms with Crippen molar-refractivity contribution in [3.8, 4) is 0 Å². The minimum Gasteiger partial charge on any atom is -0.411 e. The molecule has 0 aromatic heterocycles. The summed E-state index contributed by atoms with van der Waals surface area (Å²) < 4.78 is 0. The van der Waals surface area contributed by atoms with Gasteiger partial charge in [-0.15, -0.1) is 11.6 Å². The number of hydrogen-bond acceptors (Lipinski definition) is 2. The van der Waals surface area contributed by atoms with Crippen molar-refractivity contribution in [2.45, 2.75) is 11.8 Å². The van der Waals surface area contributed by atoms with E-state index in [-0.39, 0.29) is 5.38 Å². The molecule has 1 saturated carbocycles. The fourth-order valence-electron chi connectivity index (χ4n) is 0.408. The lowest BCUT2D eigenvalue weighted by atomic mass is 9.97. The Balaban J connectivity index is 2.44. The molecule has 1 aliphatic carbocycles. The Morgan fingerprint density at radius 1 is 2.00 bits per heavy atom. The van der Waals surface area contributed by atoms with E-state index in [0.717, 1.165) is 6.42 Å². The fraction of sp³-hybridized carbons (Fsp3) is 0.500. The summed E-state index contributed by atoms with van der Waals surface area (Å²) in [4.78, 5) is 0. The zero-order valence-electron chi connectivity index (χ0n) is 3.63. The lowest BCUT2D eigenvalue weighted by Gasteiger charge is -2.18. The van der Waals surface area contributed by atoms with E-state index >= 15 is 0 Å². The quantitative estimate of drug-likeness (QED) is 0.288. The molecular formula is C4H5ClNO. The summed E-state index contributed by atoms with van der Waals surface area (Å²) in [6.45, 7) is 0. The predicted octanol–water partition coefficient (Wildman–Crippen LogP) is 1.03. The van der Waals surface area contributed by atoms with Gasteiger partial charge in [-0.25, -0.2) is 0 Å². The highest BCUT2D eigenvalue weighted by Gasteiger charge is 2.23. The molecule has 1 aliphatic rings. The Morgan fingerprint density at radius 2 is 2.71 bits per heavy atom. The van der Waals surface area contributed by atoms with Crippen LogP contribution >= 0.6 is 11.6 Å². The molecule has 0 aliphatic heterocycles. The zero-order chi connectivity index (χ0) is 5.28. The van der Waals surface area contributed by atoms with Crippen LogP contribution in [-0.4, -0.2) is 16.3 Å². The fourth-order valence-corrected chi connectivity index (χ4v) is 0.630. The average molecular weight is 119 g/mol. The van der Waals surface area contributed by atoms with Gasteiger partial charge >= 0.3 is 0 Å². The first-order valence-electron chi connectivity index (χ1n) is 2.03. The highest BCUT2D eigenvalue weighted by atomic mass is 35.5. The summed E-state index contributed by atoms with van der Waals surface area (Å²) in [6, 6.07) is 0. The SMILES string of the molecule is ON=C1C[CH]C1Cl. The van der Waals surface area contributed by atoms with E-state index in [1.54, 1.807) is 0 Å². The number of hydrogen-bond donors (Lipinski definition) is 1. The maximum atomic E-state index is 8.04. The molecule has 3 heteroatoms. The largest absolute Gasteiger partial charge is 0.411 e. The molecule has 7 heavy (non-hydrogen) atoms. The van der Waals surface area contributed by atoms with Crippen LogP contribution in [-0.2, 0) is 0 Å². The Labute approximate surface area is 46.8 Å². The Bertz CT molecular complexity index is 102. The molecule has 0 aromatic rings. The van der Waals surface area contributed by atoms with Crippen LogP contribution in [0.1, 0.15) is 6.42 Å². The molecule has 39 valence electrons. The lowest BCUT2D eigenvalue weighted by Crippen LogP contribution is -2.26. The van der Waals surface area contributed by atoms with E-state index in [9.17, 15) is 0 Å². The second-order valence-electron chi connectivity index (χ2n) is 1.43. The third-order valence-corrected chi connectivity index (χ3v) is 1.41. The molecule has 0 amide bonds. The topological polar surface area (TPSA) is 32.6 Å². The van der Waals surface area contributed by atoms with Gasteiger partial charge in [-0.1, -0.05) is 5.16 Å². The van der Waals surface area contributed by atoms with Crippen molar-refractivity contribution in [1.29, 1.82) is 0 Å². The van der Waals surface area contributed by atoms with Gasteiger partial charge < -0.3 is 5.21 Å². The second-order valence-corrected chi connectivity index (χ2v) is 1.90. The van der Waals surface area contributed by atoms with E-state index in [2.05, 4.69) is 5.16 Å². The van der Waals surface area contributed by atoms with E-state index in [1.165, 1.54) is 0 Å². The number of halogens is 1. The highest BCUT2D eigenvalue weighted by molar-refractivity contribution is 6.36. The van der Waals surface area contributed by atoms with Crippen molar-refractivity contribution in [1.82, 2.24) is 0 Å². The summed E-state index contributed by atoms with van der Waals surface area (Å²) in [5.74, 6) is 0. The maximum absolute atomic E-state index is 8.04. The van der Waals surface area contributed by atoms with Crippen LogP contribution in [0, 0.1) is 6.42 Å². The maximum Gasteiger partial charge on any atom is 0.0786 e. The van der Waals surface area contributed by atoms with Crippen LogP contribution in [0.5, 0.6) is 0 Å². The number of oxime groups is 1. The first-order valence-corrected chi connectivity index (χ1v) is 2.46. The molecule has 1 radical (unpaired) electrons. The molecule has 0 spiro atoms. The molecule has 0 bridgehead atoms. The summed E-state index contributed by atoms with van der Waals surface area (Å²) in [5, 5.41) is 10.9. The minimum atomic E-state index is -0.106. The molecule has 1 atom stereocenters. The second kappa shape index (κ2) is 1.70. The summed E-state index contributed by atoms with van der Waals surface area (Å²) in [5.41, 5.74) is 0.668. The molecule has 1 fully saturated rings. The van der Waals surface area contributed by atoms with Crippen molar-refractivity contribution >= 4 is 17.3 Å². The molecule has 0 aromatic carbocycles. The van der Waals surface area contributed by atoms with Crippen LogP contribution < -0.4 is 0 Å². The first kappa shape index (κ1) is 4.91. The van der Waals surface area contributed by atoms with Crippen LogP contribution in [0.15, 0.2) is 5.16 Å². The van der Waals surface area contributed by atoms with Crippen LogP contribution in [0.25, 0.3) is 0 Å². The molecular weight excluding hydrogens is 114 g/mol. The molecule has 1 N–H and O–H groups in total. The normalized spacial score (nSPS) is 35.6. The van der Waals surface area contributed by atoms with Crippen molar-refractivity contribution in [2.75, 3.05) is 0 Å². The summed E-state index contributed by atoms with van der Waals surface area (Å²) in [7, 11) is 0. The van der Waals surface area contributed by atoms with E-state index < -0.39 is 0 Å². The standard InChI is InChI=1S/C4H5ClNO/c5-3-1-2-4(3)6-7/h1,3,7H,2H2. The Hall–Kier alpha value is -0.240. The Kier molecular flexibility index (Phi) is 1.19. The molecule has 2 nitrogen and oxygen atoms in total. The lowest BCUT2D eigenvalue weighted by molar-refractivity contribution is 0.315. The van der Waals surface area contributed by atoms with Gasteiger partial charge in [-0.3, -0.25) is 0 Å². The van der Waals surface area contributed by atoms with Gasteiger partial charge in [0.05, 0.1) is 11.1 Å². The average Bonchev–Trinajstić information content (AvgIpc) is 1.65. The molecule has 0 heterocycles. The zero-order valence-corrected chi connectivity index (χ0v) is 4.39.